The number of ether oxygens (including phenoxy) is 3. The normalized spacial score (nSPS) is 13.8. The summed E-state index contributed by atoms with van der Waals surface area (Å²) < 4.78 is 15.4. The van der Waals surface area contributed by atoms with Crippen molar-refractivity contribution >= 4 is 18.0 Å². The van der Waals surface area contributed by atoms with Crippen molar-refractivity contribution in [3.05, 3.63) is 59.2 Å². The van der Waals surface area contributed by atoms with Crippen molar-refractivity contribution in [2.75, 3.05) is 26.3 Å². The number of aryl methyl sites for hydroxylation is 2. The minimum Gasteiger partial charge on any atom is -0.484 e. The molecule has 8 nitrogen and oxygen atoms in total. The first-order chi connectivity index (χ1) is 15.9. The summed E-state index contributed by atoms with van der Waals surface area (Å²) in [5.41, 5.74) is 2.62. The van der Waals surface area contributed by atoms with Crippen LogP contribution in [0.4, 0.5) is 4.79 Å². The van der Waals surface area contributed by atoms with Crippen molar-refractivity contribution in [1.29, 1.82) is 0 Å². The maximum atomic E-state index is 12.5. The number of likely N-dealkylation sites (tertiary alicyclic amines) is 1. The molecule has 0 aromatic heterocycles. The van der Waals surface area contributed by atoms with Crippen LogP contribution in [0.1, 0.15) is 41.3 Å². The first-order valence-electron chi connectivity index (χ1n) is 11.1. The Bertz CT molecular complexity index is 981. The predicted molar refractivity (Wildman–Crippen MR) is 123 cm³/mol. The van der Waals surface area contributed by atoms with E-state index in [1.807, 2.05) is 32.0 Å². The monoisotopic (exact) mass is 454 g/mol. The molecule has 0 atom stereocenters. The molecule has 0 spiro atoms. The number of rotatable bonds is 7. The first-order valence-corrected chi connectivity index (χ1v) is 11.1. The Balaban J connectivity index is 1.42. The Morgan fingerprint density at radius 3 is 2.36 bits per heavy atom. The van der Waals surface area contributed by atoms with Crippen molar-refractivity contribution in [2.24, 2.45) is 0 Å². The summed E-state index contributed by atoms with van der Waals surface area (Å²) in [6.45, 7) is 7.01. The third kappa shape index (κ3) is 6.97. The van der Waals surface area contributed by atoms with Gasteiger partial charge in [0.15, 0.2) is 6.61 Å². The fourth-order valence-electron chi connectivity index (χ4n) is 3.65. The Labute approximate surface area is 193 Å². The highest BCUT2D eigenvalue weighted by Gasteiger charge is 2.24. The molecule has 1 aliphatic rings. The molecule has 0 radical (unpaired) electrons. The van der Waals surface area contributed by atoms with Gasteiger partial charge in [0, 0.05) is 24.7 Å². The Morgan fingerprint density at radius 2 is 1.73 bits per heavy atom. The summed E-state index contributed by atoms with van der Waals surface area (Å²) in [5.74, 6) is 0.757. The number of benzene rings is 2. The van der Waals surface area contributed by atoms with Crippen LogP contribution in [0.2, 0.25) is 0 Å². The number of nitrogens with zero attached hydrogens (tertiary/aromatic N) is 1. The molecule has 2 aromatic rings. The zero-order valence-electron chi connectivity index (χ0n) is 19.3. The molecule has 33 heavy (non-hydrogen) atoms. The maximum Gasteiger partial charge on any atom is 0.513 e. The van der Waals surface area contributed by atoms with Gasteiger partial charge in [0.05, 0.1) is 6.61 Å². The van der Waals surface area contributed by atoms with Crippen molar-refractivity contribution in [1.82, 2.24) is 10.2 Å². The zero-order valence-corrected chi connectivity index (χ0v) is 19.3. The van der Waals surface area contributed by atoms with Gasteiger partial charge >= 0.3 is 6.16 Å². The summed E-state index contributed by atoms with van der Waals surface area (Å²) in [7, 11) is 0. The van der Waals surface area contributed by atoms with Gasteiger partial charge in [-0.2, -0.15) is 0 Å². The molecule has 0 bridgehead atoms. The van der Waals surface area contributed by atoms with Gasteiger partial charge < -0.3 is 24.4 Å². The van der Waals surface area contributed by atoms with Gasteiger partial charge in [0.25, 0.3) is 11.8 Å². The lowest BCUT2D eigenvalue weighted by atomic mass is 10.0. The minimum atomic E-state index is -0.782. The third-order valence-electron chi connectivity index (χ3n) is 5.44. The molecule has 1 aliphatic heterocycles. The standard InChI is InChI=1S/C25H30N2O6/c1-4-31-25(30)33-21-8-6-19(7-9-21)24(29)26-20-11-13-27(14-12-20)23(28)16-32-22-10-5-17(2)15-18(22)3/h5-10,15,20H,4,11-14,16H2,1-3H3,(H,26,29). The second-order valence-corrected chi connectivity index (χ2v) is 8.00. The van der Waals surface area contributed by atoms with Gasteiger partial charge in [-0.15, -0.1) is 0 Å². The average molecular weight is 455 g/mol. The summed E-state index contributed by atoms with van der Waals surface area (Å²) in [4.78, 5) is 38.2. The fraction of sp³-hybridized carbons (Fsp3) is 0.400. The highest BCUT2D eigenvalue weighted by atomic mass is 16.7. The molecule has 1 saturated heterocycles. The highest BCUT2D eigenvalue weighted by molar-refractivity contribution is 5.94. The van der Waals surface area contributed by atoms with E-state index in [-0.39, 0.29) is 31.1 Å². The minimum absolute atomic E-state index is 0.00114. The molecular weight excluding hydrogens is 424 g/mol. The summed E-state index contributed by atoms with van der Waals surface area (Å²) >= 11 is 0. The summed E-state index contributed by atoms with van der Waals surface area (Å²) in [6, 6.07) is 12.1. The molecule has 176 valence electrons. The van der Waals surface area contributed by atoms with Crippen LogP contribution in [0.25, 0.3) is 0 Å². The molecule has 1 N–H and O–H groups in total. The predicted octanol–water partition coefficient (Wildman–Crippen LogP) is 3.64. The van der Waals surface area contributed by atoms with Gasteiger partial charge in [-0.25, -0.2) is 4.79 Å². The van der Waals surface area contributed by atoms with Crippen LogP contribution in [0.3, 0.4) is 0 Å². The van der Waals surface area contributed by atoms with E-state index in [4.69, 9.17) is 14.2 Å². The number of hydrogen-bond acceptors (Lipinski definition) is 6. The van der Waals surface area contributed by atoms with Gasteiger partial charge in [0.2, 0.25) is 0 Å². The largest absolute Gasteiger partial charge is 0.513 e. The molecular formula is C25H30N2O6. The van der Waals surface area contributed by atoms with Crippen LogP contribution in [-0.2, 0) is 9.53 Å². The van der Waals surface area contributed by atoms with E-state index in [0.29, 0.717) is 37.2 Å². The molecule has 0 saturated carbocycles. The van der Waals surface area contributed by atoms with Crippen molar-refractivity contribution in [3.63, 3.8) is 0 Å². The molecule has 0 unspecified atom stereocenters. The molecule has 2 amide bonds. The lowest BCUT2D eigenvalue weighted by Crippen LogP contribution is -2.47. The van der Waals surface area contributed by atoms with Crippen molar-refractivity contribution in [3.8, 4) is 11.5 Å². The van der Waals surface area contributed by atoms with E-state index in [1.165, 1.54) is 0 Å². The van der Waals surface area contributed by atoms with Crippen LogP contribution in [0.15, 0.2) is 42.5 Å². The Hall–Kier alpha value is -3.55. The van der Waals surface area contributed by atoms with Crippen molar-refractivity contribution in [2.45, 2.75) is 39.7 Å². The molecule has 1 heterocycles. The van der Waals surface area contributed by atoms with Crippen LogP contribution < -0.4 is 14.8 Å². The van der Waals surface area contributed by atoms with Crippen molar-refractivity contribution < 1.29 is 28.6 Å². The van der Waals surface area contributed by atoms with Gasteiger partial charge in [0.1, 0.15) is 11.5 Å². The summed E-state index contributed by atoms with van der Waals surface area (Å²) in [6.07, 6.45) is 0.561. The molecule has 8 heteroatoms. The number of amides is 2. The lowest BCUT2D eigenvalue weighted by Gasteiger charge is -2.32. The van der Waals surface area contributed by atoms with Gasteiger partial charge in [-0.05, 0) is 69.5 Å². The Kier molecular flexibility index (Phi) is 8.29. The maximum absolute atomic E-state index is 12.5. The SMILES string of the molecule is CCOC(=O)Oc1ccc(C(=O)NC2CCN(C(=O)COc3ccc(C)cc3C)CC2)cc1. The summed E-state index contributed by atoms with van der Waals surface area (Å²) in [5, 5.41) is 3.01. The quantitative estimate of drug-likeness (QED) is 0.507. The topological polar surface area (TPSA) is 94.2 Å². The number of carbonyl (C=O) groups excluding carboxylic acids is 3. The number of piperidine rings is 1. The van der Waals surface area contributed by atoms with E-state index >= 15 is 0 Å². The van der Waals surface area contributed by atoms with Crippen LogP contribution in [-0.4, -0.2) is 55.2 Å². The van der Waals surface area contributed by atoms with Gasteiger partial charge in [-0.1, -0.05) is 17.7 Å². The Morgan fingerprint density at radius 1 is 1.03 bits per heavy atom. The number of carbonyl (C=O) groups is 3. The molecule has 1 fully saturated rings. The second kappa shape index (κ2) is 11.4. The second-order valence-electron chi connectivity index (χ2n) is 8.00. The lowest BCUT2D eigenvalue weighted by molar-refractivity contribution is -0.134. The fourth-order valence-corrected chi connectivity index (χ4v) is 3.65. The van der Waals surface area contributed by atoms with E-state index in [9.17, 15) is 14.4 Å². The van der Waals surface area contributed by atoms with Crippen LogP contribution >= 0.6 is 0 Å². The third-order valence-corrected chi connectivity index (χ3v) is 5.44. The highest BCUT2D eigenvalue weighted by Crippen LogP contribution is 2.19. The molecule has 0 aliphatic carbocycles. The zero-order chi connectivity index (χ0) is 23.8. The number of nitrogens with one attached hydrogen (secondary N) is 1. The van der Waals surface area contributed by atoms with E-state index in [0.717, 1.165) is 16.9 Å². The smallest absolute Gasteiger partial charge is 0.484 e. The van der Waals surface area contributed by atoms with E-state index < -0.39 is 6.16 Å². The van der Waals surface area contributed by atoms with Crippen LogP contribution in [0, 0.1) is 13.8 Å². The number of hydrogen-bond donors (Lipinski definition) is 1. The van der Waals surface area contributed by atoms with Gasteiger partial charge in [-0.3, -0.25) is 9.59 Å². The molecule has 3 rings (SSSR count). The molecule has 2 aromatic carbocycles. The van der Waals surface area contributed by atoms with E-state index in [2.05, 4.69) is 5.32 Å². The van der Waals surface area contributed by atoms with Crippen LogP contribution in [0.5, 0.6) is 11.5 Å². The average Bonchev–Trinajstić information content (AvgIpc) is 2.79. The van der Waals surface area contributed by atoms with E-state index in [1.54, 1.807) is 36.1 Å². The first kappa shape index (κ1) is 24.1.